The van der Waals surface area contributed by atoms with Gasteiger partial charge in [0.05, 0.1) is 10.2 Å². The zero-order valence-corrected chi connectivity index (χ0v) is 11.8. The smallest absolute Gasteiger partial charge is 0.139 e. The Labute approximate surface area is 106 Å². The van der Waals surface area contributed by atoms with E-state index in [0.717, 1.165) is 18.9 Å². The summed E-state index contributed by atoms with van der Waals surface area (Å²) in [6.45, 7) is 8.80. The van der Waals surface area contributed by atoms with Gasteiger partial charge in [-0.2, -0.15) is 5.10 Å². The van der Waals surface area contributed by atoms with Gasteiger partial charge in [0.25, 0.3) is 0 Å². The van der Waals surface area contributed by atoms with E-state index < -0.39 is 0 Å². The minimum Gasteiger partial charge on any atom is -0.369 e. The summed E-state index contributed by atoms with van der Waals surface area (Å²) < 4.78 is 3.28. The Hall–Kier alpha value is -0.510. The topological polar surface area (TPSA) is 29.9 Å². The van der Waals surface area contributed by atoms with Crippen molar-refractivity contribution in [3.63, 3.8) is 0 Å². The van der Waals surface area contributed by atoms with Crippen molar-refractivity contribution in [2.24, 2.45) is 5.92 Å². The van der Waals surface area contributed by atoms with E-state index in [2.05, 4.69) is 46.7 Å². The lowest BCUT2D eigenvalue weighted by atomic mass is 10.0. The molecule has 1 aliphatic rings. The van der Waals surface area contributed by atoms with Crippen LogP contribution in [0.2, 0.25) is 0 Å². The van der Waals surface area contributed by atoms with Crippen LogP contribution >= 0.6 is 15.9 Å². The molecule has 1 aromatic rings. The molecule has 1 aromatic heterocycles. The fraction of sp³-hybridized carbons (Fsp3) is 0.750. The maximum Gasteiger partial charge on any atom is 0.139 e. The number of rotatable bonds is 3. The van der Waals surface area contributed by atoms with Gasteiger partial charge < -0.3 is 5.32 Å². The van der Waals surface area contributed by atoms with Crippen molar-refractivity contribution in [3.8, 4) is 0 Å². The molecular formula is C12H20BrN3. The van der Waals surface area contributed by atoms with Crippen molar-refractivity contribution >= 4 is 21.7 Å². The first-order chi connectivity index (χ1) is 7.63. The Balaban J connectivity index is 2.28. The molecule has 16 heavy (non-hydrogen) atoms. The second kappa shape index (κ2) is 4.78. The van der Waals surface area contributed by atoms with E-state index in [1.165, 1.54) is 23.0 Å². The SMILES string of the molecule is CCCC(C)c1nn2c(c1Br)NCC(C)C2. The summed E-state index contributed by atoms with van der Waals surface area (Å²) in [6, 6.07) is 0. The first kappa shape index (κ1) is 12.0. The molecule has 1 aliphatic heterocycles. The average molecular weight is 286 g/mol. The number of nitrogens with one attached hydrogen (secondary N) is 1. The van der Waals surface area contributed by atoms with E-state index in [4.69, 9.17) is 5.10 Å². The zero-order valence-electron chi connectivity index (χ0n) is 10.3. The van der Waals surface area contributed by atoms with E-state index in [1.807, 2.05) is 0 Å². The predicted octanol–water partition coefficient (Wildman–Crippen LogP) is 3.61. The van der Waals surface area contributed by atoms with Gasteiger partial charge in [0.1, 0.15) is 5.82 Å². The average Bonchev–Trinajstić information content (AvgIpc) is 2.56. The zero-order chi connectivity index (χ0) is 11.7. The minimum atomic E-state index is 0.537. The molecule has 0 saturated carbocycles. The Morgan fingerprint density at radius 2 is 2.38 bits per heavy atom. The highest BCUT2D eigenvalue weighted by Gasteiger charge is 2.23. The van der Waals surface area contributed by atoms with Gasteiger partial charge in [0, 0.05) is 19.0 Å². The van der Waals surface area contributed by atoms with Crippen molar-refractivity contribution in [1.29, 1.82) is 0 Å². The third-order valence-electron chi connectivity index (χ3n) is 3.21. The van der Waals surface area contributed by atoms with E-state index in [-0.39, 0.29) is 0 Å². The fourth-order valence-electron chi connectivity index (χ4n) is 2.27. The molecule has 2 heterocycles. The summed E-state index contributed by atoms with van der Waals surface area (Å²) in [5.74, 6) is 2.36. The van der Waals surface area contributed by atoms with Crippen LogP contribution in [0.1, 0.15) is 45.2 Å². The maximum atomic E-state index is 4.73. The summed E-state index contributed by atoms with van der Waals surface area (Å²) in [4.78, 5) is 0. The van der Waals surface area contributed by atoms with Gasteiger partial charge in [-0.3, -0.25) is 0 Å². The Morgan fingerprint density at radius 3 is 3.06 bits per heavy atom. The van der Waals surface area contributed by atoms with Crippen molar-refractivity contribution in [2.45, 2.75) is 46.1 Å². The Bertz CT molecular complexity index is 373. The molecule has 3 nitrogen and oxygen atoms in total. The molecule has 2 atom stereocenters. The number of halogens is 1. The fourth-order valence-corrected chi connectivity index (χ4v) is 3.09. The van der Waals surface area contributed by atoms with Crippen LogP contribution in [-0.4, -0.2) is 16.3 Å². The van der Waals surface area contributed by atoms with Gasteiger partial charge in [0.2, 0.25) is 0 Å². The summed E-state index contributed by atoms with van der Waals surface area (Å²) in [6.07, 6.45) is 2.41. The molecule has 4 heteroatoms. The van der Waals surface area contributed by atoms with Gasteiger partial charge >= 0.3 is 0 Å². The van der Waals surface area contributed by atoms with Gasteiger partial charge in [-0.05, 0) is 28.3 Å². The van der Waals surface area contributed by atoms with E-state index >= 15 is 0 Å². The van der Waals surface area contributed by atoms with Crippen molar-refractivity contribution in [2.75, 3.05) is 11.9 Å². The summed E-state index contributed by atoms with van der Waals surface area (Å²) in [7, 11) is 0. The van der Waals surface area contributed by atoms with Crippen molar-refractivity contribution < 1.29 is 0 Å². The van der Waals surface area contributed by atoms with Crippen LogP contribution in [0.25, 0.3) is 0 Å². The van der Waals surface area contributed by atoms with Crippen LogP contribution in [0.5, 0.6) is 0 Å². The summed E-state index contributed by atoms with van der Waals surface area (Å²) >= 11 is 3.68. The van der Waals surface area contributed by atoms with E-state index in [0.29, 0.717) is 11.8 Å². The Morgan fingerprint density at radius 1 is 1.62 bits per heavy atom. The predicted molar refractivity (Wildman–Crippen MR) is 70.9 cm³/mol. The van der Waals surface area contributed by atoms with Gasteiger partial charge in [-0.1, -0.05) is 27.2 Å². The highest BCUT2D eigenvalue weighted by atomic mass is 79.9. The van der Waals surface area contributed by atoms with Crippen LogP contribution in [-0.2, 0) is 6.54 Å². The lowest BCUT2D eigenvalue weighted by Crippen LogP contribution is -2.25. The largest absolute Gasteiger partial charge is 0.369 e. The molecular weight excluding hydrogens is 266 g/mol. The molecule has 0 amide bonds. The number of fused-ring (bicyclic) bond motifs is 1. The molecule has 0 spiro atoms. The molecule has 0 fully saturated rings. The van der Waals surface area contributed by atoms with Crippen LogP contribution in [0, 0.1) is 5.92 Å². The molecule has 1 N–H and O–H groups in total. The first-order valence-corrected chi connectivity index (χ1v) is 6.92. The Kier molecular flexibility index (Phi) is 3.57. The normalized spacial score (nSPS) is 21.4. The van der Waals surface area contributed by atoms with Crippen LogP contribution in [0.15, 0.2) is 4.47 Å². The molecule has 0 aromatic carbocycles. The highest BCUT2D eigenvalue weighted by molar-refractivity contribution is 9.10. The molecule has 0 radical (unpaired) electrons. The summed E-state index contributed by atoms with van der Waals surface area (Å²) in [5, 5.41) is 8.18. The lowest BCUT2D eigenvalue weighted by molar-refractivity contribution is 0.440. The molecule has 0 saturated heterocycles. The number of hydrogen-bond donors (Lipinski definition) is 1. The molecule has 2 rings (SSSR count). The maximum absolute atomic E-state index is 4.73. The molecule has 2 unspecified atom stereocenters. The number of anilines is 1. The molecule has 90 valence electrons. The van der Waals surface area contributed by atoms with Gasteiger partial charge in [-0.15, -0.1) is 0 Å². The summed E-state index contributed by atoms with van der Waals surface area (Å²) in [5.41, 5.74) is 1.21. The van der Waals surface area contributed by atoms with E-state index in [1.54, 1.807) is 0 Å². The first-order valence-electron chi connectivity index (χ1n) is 6.13. The standard InChI is InChI=1S/C12H20BrN3/c1-4-5-9(3)11-10(13)12-14-6-8(2)7-16(12)15-11/h8-9,14H,4-7H2,1-3H3. The van der Waals surface area contributed by atoms with E-state index in [9.17, 15) is 0 Å². The van der Waals surface area contributed by atoms with Crippen LogP contribution < -0.4 is 5.32 Å². The molecule has 0 aliphatic carbocycles. The van der Waals surface area contributed by atoms with Crippen molar-refractivity contribution in [1.82, 2.24) is 9.78 Å². The monoisotopic (exact) mass is 285 g/mol. The van der Waals surface area contributed by atoms with Crippen LogP contribution in [0.3, 0.4) is 0 Å². The third-order valence-corrected chi connectivity index (χ3v) is 3.99. The quantitative estimate of drug-likeness (QED) is 0.920. The number of hydrogen-bond acceptors (Lipinski definition) is 2. The van der Waals surface area contributed by atoms with Gasteiger partial charge in [-0.25, -0.2) is 4.68 Å². The minimum absolute atomic E-state index is 0.537. The highest BCUT2D eigenvalue weighted by Crippen LogP contribution is 2.35. The van der Waals surface area contributed by atoms with Crippen LogP contribution in [0.4, 0.5) is 5.82 Å². The molecule has 0 bridgehead atoms. The third kappa shape index (κ3) is 2.12. The number of aromatic nitrogens is 2. The second-order valence-corrected chi connectivity index (χ2v) is 5.70. The lowest BCUT2D eigenvalue weighted by Gasteiger charge is -2.21. The van der Waals surface area contributed by atoms with Gasteiger partial charge in [0.15, 0.2) is 0 Å². The second-order valence-electron chi connectivity index (χ2n) is 4.91. The number of nitrogens with zero attached hydrogens (tertiary/aromatic N) is 2. The van der Waals surface area contributed by atoms with Crippen molar-refractivity contribution in [3.05, 3.63) is 10.2 Å².